The van der Waals surface area contributed by atoms with Crippen molar-refractivity contribution in [3.8, 4) is 5.75 Å². The molecule has 2 rings (SSSR count). The van der Waals surface area contributed by atoms with E-state index in [9.17, 15) is 4.79 Å². The molecule has 0 aliphatic rings. The molecule has 2 aromatic heterocycles. The maximum absolute atomic E-state index is 11.7. The number of halogens is 1. The zero-order chi connectivity index (χ0) is 14.4. The fourth-order valence-corrected chi connectivity index (χ4v) is 1.92. The second-order valence-corrected chi connectivity index (χ2v) is 4.80. The standard InChI is InChI=1S/C12H14BrN5O2/c1-20-10-4-11(15-7-9(10)13)18-12(19)14-3-2-8-5-16-17-6-8/h4-7H,2-3H2,1H3,(H,16,17)(H2,14,15,18,19). The van der Waals surface area contributed by atoms with Crippen LogP contribution in [0.2, 0.25) is 0 Å². The zero-order valence-corrected chi connectivity index (χ0v) is 12.4. The fourth-order valence-electron chi connectivity index (χ4n) is 1.54. The SMILES string of the molecule is COc1cc(NC(=O)NCCc2cn[nH]c2)ncc1Br. The molecule has 0 aliphatic carbocycles. The highest BCUT2D eigenvalue weighted by molar-refractivity contribution is 9.10. The number of ether oxygens (including phenoxy) is 1. The highest BCUT2D eigenvalue weighted by atomic mass is 79.9. The van der Waals surface area contributed by atoms with E-state index < -0.39 is 0 Å². The molecule has 0 saturated heterocycles. The third kappa shape index (κ3) is 3.95. The number of carbonyl (C=O) groups excluding carboxylic acids is 1. The summed E-state index contributed by atoms with van der Waals surface area (Å²) in [6.07, 6.45) is 5.79. The van der Waals surface area contributed by atoms with Crippen LogP contribution in [-0.2, 0) is 6.42 Å². The zero-order valence-electron chi connectivity index (χ0n) is 10.8. The summed E-state index contributed by atoms with van der Waals surface area (Å²) in [6, 6.07) is 1.32. The van der Waals surface area contributed by atoms with E-state index in [2.05, 4.69) is 41.7 Å². The lowest BCUT2D eigenvalue weighted by Gasteiger charge is -2.08. The summed E-state index contributed by atoms with van der Waals surface area (Å²) in [7, 11) is 1.55. The van der Waals surface area contributed by atoms with Gasteiger partial charge >= 0.3 is 6.03 Å². The van der Waals surface area contributed by atoms with Gasteiger partial charge in [0.15, 0.2) is 0 Å². The Morgan fingerprint density at radius 1 is 1.50 bits per heavy atom. The minimum atomic E-state index is -0.314. The van der Waals surface area contributed by atoms with E-state index in [1.807, 2.05) is 0 Å². The van der Waals surface area contributed by atoms with Crippen molar-refractivity contribution in [2.24, 2.45) is 0 Å². The maximum atomic E-state index is 11.7. The molecular weight excluding hydrogens is 326 g/mol. The van der Waals surface area contributed by atoms with Crippen molar-refractivity contribution < 1.29 is 9.53 Å². The molecule has 0 aliphatic heterocycles. The Morgan fingerprint density at radius 3 is 3.05 bits per heavy atom. The summed E-state index contributed by atoms with van der Waals surface area (Å²) in [4.78, 5) is 15.8. The topological polar surface area (TPSA) is 91.9 Å². The van der Waals surface area contributed by atoms with Crippen molar-refractivity contribution in [2.45, 2.75) is 6.42 Å². The van der Waals surface area contributed by atoms with Gasteiger partial charge in [-0.15, -0.1) is 0 Å². The average molecular weight is 340 g/mol. The monoisotopic (exact) mass is 339 g/mol. The Morgan fingerprint density at radius 2 is 2.35 bits per heavy atom. The Kier molecular flexibility index (Phi) is 4.94. The Hall–Kier alpha value is -2.09. The molecule has 0 fully saturated rings. The molecule has 106 valence electrons. The van der Waals surface area contributed by atoms with Gasteiger partial charge in [0.05, 0.1) is 17.8 Å². The van der Waals surface area contributed by atoms with E-state index in [1.165, 1.54) is 0 Å². The average Bonchev–Trinajstić information content (AvgIpc) is 2.94. The Labute approximate surface area is 124 Å². The van der Waals surface area contributed by atoms with Crippen LogP contribution in [-0.4, -0.2) is 34.9 Å². The number of amides is 2. The normalized spacial score (nSPS) is 10.1. The number of H-pyrrole nitrogens is 1. The number of nitrogens with one attached hydrogen (secondary N) is 3. The number of hydrogen-bond acceptors (Lipinski definition) is 4. The number of aromatic amines is 1. The van der Waals surface area contributed by atoms with Gasteiger partial charge in [-0.25, -0.2) is 9.78 Å². The number of aromatic nitrogens is 3. The Bertz CT molecular complexity index is 573. The van der Waals surface area contributed by atoms with Crippen molar-refractivity contribution in [2.75, 3.05) is 19.0 Å². The summed E-state index contributed by atoms with van der Waals surface area (Å²) >= 11 is 3.30. The first kappa shape index (κ1) is 14.3. The number of anilines is 1. The van der Waals surface area contributed by atoms with Crippen LogP contribution in [0.1, 0.15) is 5.56 Å². The first-order valence-corrected chi connectivity index (χ1v) is 6.70. The minimum absolute atomic E-state index is 0.314. The molecule has 0 radical (unpaired) electrons. The number of pyridine rings is 1. The molecule has 7 nitrogen and oxygen atoms in total. The first-order valence-electron chi connectivity index (χ1n) is 5.91. The van der Waals surface area contributed by atoms with Crippen LogP contribution >= 0.6 is 15.9 Å². The van der Waals surface area contributed by atoms with Crippen LogP contribution < -0.4 is 15.4 Å². The number of methoxy groups -OCH3 is 1. The van der Waals surface area contributed by atoms with E-state index in [0.717, 1.165) is 10.0 Å². The lowest BCUT2D eigenvalue weighted by molar-refractivity contribution is 0.252. The molecule has 3 N–H and O–H groups in total. The summed E-state index contributed by atoms with van der Waals surface area (Å²) < 4.78 is 5.86. The van der Waals surface area contributed by atoms with Gasteiger partial charge in [-0.1, -0.05) is 0 Å². The highest BCUT2D eigenvalue weighted by Gasteiger charge is 2.06. The van der Waals surface area contributed by atoms with Gasteiger partial charge in [-0.3, -0.25) is 10.4 Å². The molecule has 20 heavy (non-hydrogen) atoms. The molecule has 0 spiro atoms. The second-order valence-electron chi connectivity index (χ2n) is 3.94. The third-order valence-electron chi connectivity index (χ3n) is 2.54. The van der Waals surface area contributed by atoms with Gasteiger partial charge in [-0.2, -0.15) is 5.10 Å². The molecule has 0 bridgehead atoms. The van der Waals surface area contributed by atoms with Crippen LogP contribution in [0.4, 0.5) is 10.6 Å². The predicted molar refractivity (Wildman–Crippen MR) is 77.8 cm³/mol. The molecule has 8 heteroatoms. The summed E-state index contributed by atoms with van der Waals surface area (Å²) in [5.74, 6) is 1.03. The number of rotatable bonds is 5. The minimum Gasteiger partial charge on any atom is -0.495 e. The van der Waals surface area contributed by atoms with Crippen LogP contribution in [0, 0.1) is 0 Å². The van der Waals surface area contributed by atoms with Crippen LogP contribution in [0.5, 0.6) is 5.75 Å². The highest BCUT2D eigenvalue weighted by Crippen LogP contribution is 2.25. The van der Waals surface area contributed by atoms with Gasteiger partial charge in [0.25, 0.3) is 0 Å². The molecule has 0 atom stereocenters. The van der Waals surface area contributed by atoms with Gasteiger partial charge in [0, 0.05) is 25.0 Å². The van der Waals surface area contributed by atoms with Gasteiger partial charge in [0.1, 0.15) is 11.6 Å². The Balaban J connectivity index is 1.82. The largest absolute Gasteiger partial charge is 0.495 e. The lowest BCUT2D eigenvalue weighted by Crippen LogP contribution is -2.30. The van der Waals surface area contributed by atoms with E-state index in [1.54, 1.807) is 31.8 Å². The molecule has 0 saturated carbocycles. The van der Waals surface area contributed by atoms with Crippen molar-refractivity contribution >= 4 is 27.8 Å². The summed E-state index contributed by atoms with van der Waals surface area (Å²) in [5.41, 5.74) is 1.04. The van der Waals surface area contributed by atoms with Crippen molar-refractivity contribution in [3.63, 3.8) is 0 Å². The summed E-state index contributed by atoms with van der Waals surface area (Å²) in [6.45, 7) is 0.513. The molecule has 0 unspecified atom stereocenters. The third-order valence-corrected chi connectivity index (χ3v) is 3.13. The first-order chi connectivity index (χ1) is 9.69. The maximum Gasteiger partial charge on any atom is 0.320 e. The molecule has 2 aromatic rings. The molecular formula is C12H14BrN5O2. The predicted octanol–water partition coefficient (Wildman–Crippen LogP) is 1.94. The van der Waals surface area contributed by atoms with Crippen molar-refractivity contribution in [1.29, 1.82) is 0 Å². The fraction of sp³-hybridized carbons (Fsp3) is 0.250. The van der Waals surface area contributed by atoms with Crippen molar-refractivity contribution in [1.82, 2.24) is 20.5 Å². The van der Waals surface area contributed by atoms with E-state index in [4.69, 9.17) is 4.74 Å². The van der Waals surface area contributed by atoms with E-state index >= 15 is 0 Å². The summed E-state index contributed by atoms with van der Waals surface area (Å²) in [5, 5.41) is 11.9. The van der Waals surface area contributed by atoms with Crippen molar-refractivity contribution in [3.05, 3.63) is 34.7 Å². The molecule has 0 aromatic carbocycles. The second kappa shape index (κ2) is 6.90. The van der Waals surface area contributed by atoms with E-state index in [0.29, 0.717) is 24.5 Å². The van der Waals surface area contributed by atoms with Crippen LogP contribution in [0.25, 0.3) is 0 Å². The molecule has 2 heterocycles. The van der Waals surface area contributed by atoms with Gasteiger partial charge in [0.2, 0.25) is 0 Å². The molecule has 2 amide bonds. The lowest BCUT2D eigenvalue weighted by atomic mass is 10.2. The number of carbonyl (C=O) groups is 1. The number of hydrogen-bond donors (Lipinski definition) is 3. The van der Waals surface area contributed by atoms with Crippen LogP contribution in [0.15, 0.2) is 29.1 Å². The number of urea groups is 1. The quantitative estimate of drug-likeness (QED) is 0.776. The van der Waals surface area contributed by atoms with E-state index in [-0.39, 0.29) is 6.03 Å². The smallest absolute Gasteiger partial charge is 0.320 e. The number of nitrogens with zero attached hydrogens (tertiary/aromatic N) is 2. The van der Waals surface area contributed by atoms with Crippen LogP contribution in [0.3, 0.4) is 0 Å². The van der Waals surface area contributed by atoms with Gasteiger partial charge in [-0.05, 0) is 27.9 Å². The van der Waals surface area contributed by atoms with Gasteiger partial charge < -0.3 is 10.1 Å².